The zero-order valence-corrected chi connectivity index (χ0v) is 15.8. The highest BCUT2D eigenvalue weighted by molar-refractivity contribution is 7.91. The first-order chi connectivity index (χ1) is 13.0. The van der Waals surface area contributed by atoms with Gasteiger partial charge in [0.2, 0.25) is 0 Å². The molecule has 0 saturated carbocycles. The lowest BCUT2D eigenvalue weighted by Crippen LogP contribution is -2.45. The Labute approximate surface area is 158 Å². The number of rotatable bonds is 5. The summed E-state index contributed by atoms with van der Waals surface area (Å²) >= 11 is 0. The molecular formula is C19H23N3O4S. The number of ether oxygens (including phenoxy) is 1. The molecule has 0 radical (unpaired) electrons. The molecule has 0 N–H and O–H groups in total. The molecule has 1 aromatic carbocycles. The first-order valence-corrected chi connectivity index (χ1v) is 11.1. The van der Waals surface area contributed by atoms with Crippen LogP contribution in [-0.4, -0.2) is 65.6 Å². The zero-order chi connectivity index (χ0) is 18.9. The Hall–Kier alpha value is -2.19. The number of nitrogens with zero attached hydrogens (tertiary/aromatic N) is 3. The van der Waals surface area contributed by atoms with Gasteiger partial charge < -0.3 is 9.64 Å². The highest BCUT2D eigenvalue weighted by Crippen LogP contribution is 2.24. The van der Waals surface area contributed by atoms with Crippen LogP contribution in [0.3, 0.4) is 0 Å². The standard InChI is InChI=1S/C19H23N3O4S/c23-19(18-11-20-14-22(18)15-5-2-1-3-6-15)21(12-17-7-4-9-26-17)16-8-10-27(24,25)13-16/h1-3,5-6,11,14,16-17H,4,7-10,12-13H2/t16-,17-/m0/s1. The van der Waals surface area contributed by atoms with E-state index in [9.17, 15) is 13.2 Å². The minimum absolute atomic E-state index is 0.0188. The van der Waals surface area contributed by atoms with Gasteiger partial charge in [0.05, 0.1) is 30.1 Å². The van der Waals surface area contributed by atoms with Gasteiger partial charge in [0.25, 0.3) is 5.91 Å². The maximum absolute atomic E-state index is 13.4. The third-order valence-corrected chi connectivity index (χ3v) is 6.98. The van der Waals surface area contributed by atoms with Crippen molar-refractivity contribution in [3.63, 3.8) is 0 Å². The number of amides is 1. The summed E-state index contributed by atoms with van der Waals surface area (Å²) in [7, 11) is -3.10. The van der Waals surface area contributed by atoms with E-state index in [4.69, 9.17) is 4.74 Å². The van der Waals surface area contributed by atoms with Crippen molar-refractivity contribution in [1.29, 1.82) is 0 Å². The smallest absolute Gasteiger partial charge is 0.272 e. The fourth-order valence-corrected chi connectivity index (χ4v) is 5.55. The Morgan fingerprint density at radius 3 is 2.74 bits per heavy atom. The lowest BCUT2D eigenvalue weighted by molar-refractivity contribution is 0.0435. The summed E-state index contributed by atoms with van der Waals surface area (Å²) in [6.45, 7) is 1.11. The molecule has 2 aliphatic rings. The molecular weight excluding hydrogens is 366 g/mol. The van der Waals surface area contributed by atoms with E-state index in [0.717, 1.165) is 18.5 Å². The van der Waals surface area contributed by atoms with Crippen LogP contribution in [0.25, 0.3) is 5.69 Å². The van der Waals surface area contributed by atoms with Crippen molar-refractivity contribution in [2.75, 3.05) is 24.7 Å². The number of carbonyl (C=O) groups excluding carboxylic acids is 1. The molecule has 2 atom stereocenters. The van der Waals surface area contributed by atoms with E-state index in [1.165, 1.54) is 0 Å². The average Bonchev–Trinajstić information content (AvgIpc) is 3.40. The SMILES string of the molecule is O=C(c1cncn1-c1ccccc1)N(C[C@@H]1CCCO1)[C@H]1CCS(=O)(=O)C1. The maximum atomic E-state index is 13.4. The minimum atomic E-state index is -3.10. The summed E-state index contributed by atoms with van der Waals surface area (Å²) in [6.07, 6.45) is 5.45. The molecule has 2 fully saturated rings. The molecule has 1 aromatic heterocycles. The Kier molecular flexibility index (Phi) is 5.01. The molecule has 3 heterocycles. The molecule has 2 saturated heterocycles. The van der Waals surface area contributed by atoms with Crippen LogP contribution < -0.4 is 0 Å². The number of benzene rings is 1. The van der Waals surface area contributed by atoms with Crippen LogP contribution in [0.2, 0.25) is 0 Å². The molecule has 0 bridgehead atoms. The van der Waals surface area contributed by atoms with Gasteiger partial charge in [0.1, 0.15) is 5.69 Å². The molecule has 4 rings (SSSR count). The van der Waals surface area contributed by atoms with Crippen LogP contribution in [-0.2, 0) is 14.6 Å². The Bertz CT molecular complexity index is 904. The molecule has 0 aliphatic carbocycles. The van der Waals surface area contributed by atoms with Gasteiger partial charge in [-0.3, -0.25) is 9.36 Å². The fraction of sp³-hybridized carbons (Fsp3) is 0.474. The molecule has 1 amide bonds. The molecule has 2 aromatic rings. The van der Waals surface area contributed by atoms with E-state index in [0.29, 0.717) is 25.3 Å². The van der Waals surface area contributed by atoms with E-state index >= 15 is 0 Å². The second kappa shape index (κ2) is 7.44. The van der Waals surface area contributed by atoms with Gasteiger partial charge in [-0.25, -0.2) is 13.4 Å². The summed E-state index contributed by atoms with van der Waals surface area (Å²) in [5.74, 6) is -0.0514. The van der Waals surface area contributed by atoms with Gasteiger partial charge in [0, 0.05) is 24.9 Å². The van der Waals surface area contributed by atoms with Gasteiger partial charge in [-0.05, 0) is 31.4 Å². The third-order valence-electron chi connectivity index (χ3n) is 5.23. The summed E-state index contributed by atoms with van der Waals surface area (Å²) < 4.78 is 31.4. The highest BCUT2D eigenvalue weighted by atomic mass is 32.2. The molecule has 27 heavy (non-hydrogen) atoms. The van der Waals surface area contributed by atoms with Crippen molar-refractivity contribution in [1.82, 2.24) is 14.5 Å². The average molecular weight is 389 g/mol. The first kappa shape index (κ1) is 18.2. The Morgan fingerprint density at radius 1 is 1.26 bits per heavy atom. The number of imidazole rings is 1. The summed E-state index contributed by atoms with van der Waals surface area (Å²) in [5, 5.41) is 0. The molecule has 0 unspecified atom stereocenters. The summed E-state index contributed by atoms with van der Waals surface area (Å²) in [4.78, 5) is 19.2. The molecule has 2 aliphatic heterocycles. The number of aromatic nitrogens is 2. The van der Waals surface area contributed by atoms with E-state index in [1.807, 2.05) is 30.3 Å². The first-order valence-electron chi connectivity index (χ1n) is 9.24. The highest BCUT2D eigenvalue weighted by Gasteiger charge is 2.37. The number of sulfone groups is 1. The predicted octanol–water partition coefficient (Wildman–Crippen LogP) is 1.68. The zero-order valence-electron chi connectivity index (χ0n) is 15.0. The van der Waals surface area contributed by atoms with Crippen LogP contribution in [0, 0.1) is 0 Å². The summed E-state index contributed by atoms with van der Waals surface area (Å²) in [5.41, 5.74) is 1.28. The predicted molar refractivity (Wildman–Crippen MR) is 101 cm³/mol. The Balaban J connectivity index is 1.64. The van der Waals surface area contributed by atoms with Crippen LogP contribution >= 0.6 is 0 Å². The third kappa shape index (κ3) is 3.91. The number of hydrogen-bond acceptors (Lipinski definition) is 5. The fourth-order valence-electron chi connectivity index (χ4n) is 3.82. The summed E-state index contributed by atoms with van der Waals surface area (Å²) in [6, 6.07) is 9.21. The van der Waals surface area contributed by atoms with Crippen molar-refractivity contribution >= 4 is 15.7 Å². The van der Waals surface area contributed by atoms with Crippen LogP contribution in [0.15, 0.2) is 42.9 Å². The normalized spacial score (nSPS) is 24.1. The second-order valence-corrected chi connectivity index (χ2v) is 9.36. The second-order valence-electron chi connectivity index (χ2n) is 7.13. The van der Waals surface area contributed by atoms with Crippen molar-refractivity contribution < 1.29 is 17.9 Å². The van der Waals surface area contributed by atoms with Crippen LogP contribution in [0.1, 0.15) is 29.8 Å². The molecule has 7 nitrogen and oxygen atoms in total. The van der Waals surface area contributed by atoms with Crippen molar-refractivity contribution in [3.05, 3.63) is 48.5 Å². The molecule has 144 valence electrons. The lowest BCUT2D eigenvalue weighted by atomic mass is 10.1. The number of para-hydroxylation sites is 1. The van der Waals surface area contributed by atoms with Gasteiger partial charge in [-0.15, -0.1) is 0 Å². The minimum Gasteiger partial charge on any atom is -0.376 e. The van der Waals surface area contributed by atoms with E-state index in [-0.39, 0.29) is 29.6 Å². The van der Waals surface area contributed by atoms with Crippen LogP contribution in [0.4, 0.5) is 0 Å². The van der Waals surface area contributed by atoms with Crippen LogP contribution in [0.5, 0.6) is 0 Å². The van der Waals surface area contributed by atoms with Crippen molar-refractivity contribution in [3.8, 4) is 5.69 Å². The van der Waals surface area contributed by atoms with E-state index in [2.05, 4.69) is 4.98 Å². The van der Waals surface area contributed by atoms with Crippen molar-refractivity contribution in [2.45, 2.75) is 31.4 Å². The number of carbonyl (C=O) groups is 1. The van der Waals surface area contributed by atoms with Gasteiger partial charge in [-0.2, -0.15) is 0 Å². The van der Waals surface area contributed by atoms with Gasteiger partial charge in [0.15, 0.2) is 9.84 Å². The quantitative estimate of drug-likeness (QED) is 0.777. The Morgan fingerprint density at radius 2 is 2.07 bits per heavy atom. The molecule has 8 heteroatoms. The largest absolute Gasteiger partial charge is 0.376 e. The van der Waals surface area contributed by atoms with E-state index < -0.39 is 9.84 Å². The van der Waals surface area contributed by atoms with E-state index in [1.54, 1.807) is 22.0 Å². The number of hydrogen-bond donors (Lipinski definition) is 0. The van der Waals surface area contributed by atoms with Gasteiger partial charge in [-0.1, -0.05) is 18.2 Å². The maximum Gasteiger partial charge on any atom is 0.272 e. The van der Waals surface area contributed by atoms with Gasteiger partial charge >= 0.3 is 0 Å². The topological polar surface area (TPSA) is 81.5 Å². The lowest BCUT2D eigenvalue weighted by Gasteiger charge is -2.30. The van der Waals surface area contributed by atoms with Crippen molar-refractivity contribution in [2.24, 2.45) is 0 Å². The monoisotopic (exact) mass is 389 g/mol. The molecule has 0 spiro atoms.